The minimum absolute atomic E-state index is 0.147. The molecule has 0 saturated heterocycles. The summed E-state index contributed by atoms with van der Waals surface area (Å²) in [6.07, 6.45) is 4.88. The van der Waals surface area contributed by atoms with Gasteiger partial charge in [0.2, 0.25) is 0 Å². The molecule has 0 saturated carbocycles. The highest BCUT2D eigenvalue weighted by molar-refractivity contribution is 6.04. The maximum Gasteiger partial charge on any atom is 0.178 e. The van der Waals surface area contributed by atoms with E-state index < -0.39 is 0 Å². The van der Waals surface area contributed by atoms with Crippen molar-refractivity contribution in [2.24, 2.45) is 9.98 Å². The number of phenolic OH excluding ortho intramolecular Hbond substituents is 2. The number of fused-ring (bicyclic) bond motifs is 2. The van der Waals surface area contributed by atoms with E-state index in [-0.39, 0.29) is 11.5 Å². The lowest BCUT2D eigenvalue weighted by Crippen LogP contribution is -1.87. The van der Waals surface area contributed by atoms with E-state index >= 15 is 0 Å². The first-order valence-corrected chi connectivity index (χ1v) is 10.2. The van der Waals surface area contributed by atoms with Gasteiger partial charge in [0.1, 0.15) is 17.2 Å². The van der Waals surface area contributed by atoms with E-state index in [2.05, 4.69) is 15.0 Å². The van der Waals surface area contributed by atoms with Gasteiger partial charge >= 0.3 is 0 Å². The van der Waals surface area contributed by atoms with Gasteiger partial charge in [-0.1, -0.05) is 60.7 Å². The molecule has 4 aromatic carbocycles. The van der Waals surface area contributed by atoms with E-state index in [4.69, 9.17) is 0 Å². The first-order chi connectivity index (χ1) is 15.7. The Labute approximate surface area is 184 Å². The van der Waals surface area contributed by atoms with Gasteiger partial charge in [0.25, 0.3) is 0 Å². The van der Waals surface area contributed by atoms with Crippen molar-refractivity contribution in [1.29, 1.82) is 0 Å². The van der Waals surface area contributed by atoms with Crippen molar-refractivity contribution in [2.45, 2.75) is 0 Å². The van der Waals surface area contributed by atoms with Crippen molar-refractivity contribution in [3.8, 4) is 11.5 Å². The molecular weight excluding hydrogens is 398 g/mol. The molecule has 154 valence electrons. The molecule has 1 heterocycles. The summed E-state index contributed by atoms with van der Waals surface area (Å²) in [6, 6.07) is 26.3. The predicted molar refractivity (Wildman–Crippen MR) is 130 cm³/mol. The quantitative estimate of drug-likeness (QED) is 0.337. The summed E-state index contributed by atoms with van der Waals surface area (Å²) in [7, 11) is 0. The van der Waals surface area contributed by atoms with E-state index in [1.54, 1.807) is 42.9 Å². The molecule has 32 heavy (non-hydrogen) atoms. The molecule has 0 fully saturated rings. The van der Waals surface area contributed by atoms with Crippen LogP contribution < -0.4 is 0 Å². The lowest BCUT2D eigenvalue weighted by atomic mass is 10.0. The minimum Gasteiger partial charge on any atom is -0.507 e. The molecule has 0 amide bonds. The van der Waals surface area contributed by atoms with E-state index in [0.29, 0.717) is 22.6 Å². The maximum atomic E-state index is 10.4. The number of hydrogen-bond donors (Lipinski definition) is 2. The number of aliphatic imine (C=N–C) groups is 2. The largest absolute Gasteiger partial charge is 0.507 e. The summed E-state index contributed by atoms with van der Waals surface area (Å²) >= 11 is 0. The summed E-state index contributed by atoms with van der Waals surface area (Å²) < 4.78 is 0. The summed E-state index contributed by atoms with van der Waals surface area (Å²) in [5.41, 5.74) is 1.81. The van der Waals surface area contributed by atoms with Gasteiger partial charge in [-0.2, -0.15) is 0 Å². The highest BCUT2D eigenvalue weighted by atomic mass is 16.3. The molecule has 0 aliphatic carbocycles. The topological polar surface area (TPSA) is 78.1 Å². The van der Waals surface area contributed by atoms with E-state index in [0.717, 1.165) is 21.5 Å². The average Bonchev–Trinajstić information content (AvgIpc) is 2.83. The number of rotatable bonds is 4. The van der Waals surface area contributed by atoms with Crippen LogP contribution in [0.25, 0.3) is 21.5 Å². The average molecular weight is 417 g/mol. The number of hydrogen-bond acceptors (Lipinski definition) is 5. The Hall–Kier alpha value is -4.51. The van der Waals surface area contributed by atoms with Crippen molar-refractivity contribution in [3.63, 3.8) is 0 Å². The van der Waals surface area contributed by atoms with Gasteiger partial charge in [0.15, 0.2) is 5.82 Å². The molecule has 1 aromatic heterocycles. The van der Waals surface area contributed by atoms with Gasteiger partial charge in [-0.05, 0) is 45.8 Å². The first kappa shape index (κ1) is 19.5. The molecular formula is C27H19N3O2. The lowest BCUT2D eigenvalue weighted by Gasteiger charge is -2.06. The van der Waals surface area contributed by atoms with E-state index in [9.17, 15) is 10.2 Å². The molecule has 0 bridgehead atoms. The van der Waals surface area contributed by atoms with Crippen LogP contribution in [0.1, 0.15) is 11.1 Å². The van der Waals surface area contributed by atoms with Crippen molar-refractivity contribution in [3.05, 3.63) is 102 Å². The standard InChI is InChI=1S/C27H19N3O2/c31-25-13-11-18-6-1-3-8-20(18)22(25)16-29-24-10-5-15-28-27(24)30-17-23-21-9-4-2-7-19(21)12-14-26(23)32/h1-17,31-32H. The summed E-state index contributed by atoms with van der Waals surface area (Å²) in [5.74, 6) is 0.715. The van der Waals surface area contributed by atoms with Crippen LogP contribution in [0.2, 0.25) is 0 Å². The highest BCUT2D eigenvalue weighted by Gasteiger charge is 2.07. The number of nitrogens with zero attached hydrogens (tertiary/aromatic N) is 3. The van der Waals surface area contributed by atoms with E-state index in [1.165, 1.54) is 0 Å². The summed E-state index contributed by atoms with van der Waals surface area (Å²) in [6.45, 7) is 0. The third kappa shape index (κ3) is 3.68. The highest BCUT2D eigenvalue weighted by Crippen LogP contribution is 2.30. The van der Waals surface area contributed by atoms with Gasteiger partial charge in [-0.15, -0.1) is 0 Å². The van der Waals surface area contributed by atoms with Crippen LogP contribution >= 0.6 is 0 Å². The van der Waals surface area contributed by atoms with Gasteiger partial charge in [0, 0.05) is 29.8 Å². The molecule has 2 N–H and O–H groups in total. The molecule has 5 aromatic rings. The second-order valence-electron chi connectivity index (χ2n) is 7.30. The van der Waals surface area contributed by atoms with Crippen molar-refractivity contribution in [1.82, 2.24) is 4.98 Å². The van der Waals surface area contributed by atoms with Crippen LogP contribution in [-0.2, 0) is 0 Å². The fourth-order valence-electron chi connectivity index (χ4n) is 3.69. The Bertz CT molecular complexity index is 1390. The summed E-state index contributed by atoms with van der Waals surface area (Å²) in [4.78, 5) is 13.4. The predicted octanol–water partition coefficient (Wildman–Crippen LogP) is 6.30. The Morgan fingerprint density at radius 3 is 1.78 bits per heavy atom. The zero-order valence-electron chi connectivity index (χ0n) is 17.1. The number of aromatic nitrogens is 1. The Kier molecular flexibility index (Phi) is 5.06. The second kappa shape index (κ2) is 8.32. The minimum atomic E-state index is 0.147. The molecule has 0 aliphatic rings. The maximum absolute atomic E-state index is 10.4. The molecule has 0 unspecified atom stereocenters. The fourth-order valence-corrected chi connectivity index (χ4v) is 3.69. The van der Waals surface area contributed by atoms with Crippen LogP contribution in [-0.4, -0.2) is 27.6 Å². The zero-order valence-corrected chi connectivity index (χ0v) is 17.1. The molecule has 5 nitrogen and oxygen atoms in total. The molecule has 5 heteroatoms. The third-order valence-electron chi connectivity index (χ3n) is 5.31. The van der Waals surface area contributed by atoms with Crippen molar-refractivity contribution >= 4 is 45.5 Å². The fraction of sp³-hybridized carbons (Fsp3) is 0. The number of pyridine rings is 1. The second-order valence-corrected chi connectivity index (χ2v) is 7.30. The van der Waals surface area contributed by atoms with Gasteiger partial charge in [-0.25, -0.2) is 9.98 Å². The number of phenols is 2. The smallest absolute Gasteiger partial charge is 0.178 e. The third-order valence-corrected chi connectivity index (χ3v) is 5.31. The molecule has 0 radical (unpaired) electrons. The number of aromatic hydroxyl groups is 2. The lowest BCUT2D eigenvalue weighted by molar-refractivity contribution is 0.475. The molecule has 5 rings (SSSR count). The van der Waals surface area contributed by atoms with Gasteiger partial charge in [-0.3, -0.25) is 4.99 Å². The zero-order chi connectivity index (χ0) is 21.9. The van der Waals surface area contributed by atoms with Gasteiger partial charge < -0.3 is 10.2 Å². The van der Waals surface area contributed by atoms with Crippen LogP contribution in [0.15, 0.2) is 101 Å². The molecule has 0 atom stereocenters. The van der Waals surface area contributed by atoms with Crippen molar-refractivity contribution < 1.29 is 10.2 Å². The monoisotopic (exact) mass is 417 g/mol. The van der Waals surface area contributed by atoms with Crippen LogP contribution in [0, 0.1) is 0 Å². The Morgan fingerprint density at radius 2 is 1.16 bits per heavy atom. The Morgan fingerprint density at radius 1 is 0.594 bits per heavy atom. The first-order valence-electron chi connectivity index (χ1n) is 10.2. The molecule has 0 spiro atoms. The van der Waals surface area contributed by atoms with Crippen molar-refractivity contribution in [2.75, 3.05) is 0 Å². The van der Waals surface area contributed by atoms with E-state index in [1.807, 2.05) is 60.7 Å². The Balaban J connectivity index is 1.54. The number of benzene rings is 4. The summed E-state index contributed by atoms with van der Waals surface area (Å²) in [5, 5.41) is 24.6. The van der Waals surface area contributed by atoms with Gasteiger partial charge in [0.05, 0.1) is 0 Å². The van der Waals surface area contributed by atoms with Crippen LogP contribution in [0.4, 0.5) is 11.5 Å². The SMILES string of the molecule is Oc1ccc2ccccc2c1C=Nc1cccnc1N=Cc1c(O)ccc2ccccc12. The molecule has 0 aliphatic heterocycles. The normalized spacial score (nSPS) is 11.8. The van der Waals surface area contributed by atoms with Crippen LogP contribution in [0.5, 0.6) is 11.5 Å². The van der Waals surface area contributed by atoms with Crippen LogP contribution in [0.3, 0.4) is 0 Å².